The van der Waals surface area contributed by atoms with Crippen LogP contribution in [-0.2, 0) is 21.1 Å². The molecule has 1 saturated heterocycles. The molecular weight excluding hydrogens is 368 g/mol. The fourth-order valence-corrected chi connectivity index (χ4v) is 5.80. The van der Waals surface area contributed by atoms with Gasteiger partial charge in [0, 0.05) is 23.5 Å². The number of hydrogen-bond acceptors (Lipinski definition) is 5. The zero-order valence-corrected chi connectivity index (χ0v) is 16.8. The zero-order chi connectivity index (χ0) is 18.7. The number of amides is 1. The Bertz CT molecular complexity index is 872. The molecular formula is C19H24N2O3S2. The average Bonchev–Trinajstić information content (AvgIpc) is 3.19. The maximum absolute atomic E-state index is 12.8. The molecule has 1 aliphatic rings. The highest BCUT2D eigenvalue weighted by molar-refractivity contribution is 7.91. The van der Waals surface area contributed by atoms with Crippen molar-refractivity contribution >= 4 is 27.1 Å². The third-order valence-corrected chi connectivity index (χ3v) is 7.31. The number of aromatic nitrogens is 1. The molecule has 1 aliphatic heterocycles. The van der Waals surface area contributed by atoms with Crippen LogP contribution in [0.1, 0.15) is 31.0 Å². The van der Waals surface area contributed by atoms with Crippen LogP contribution < -0.4 is 0 Å². The summed E-state index contributed by atoms with van der Waals surface area (Å²) in [6, 6.07) is 7.97. The Morgan fingerprint density at radius 3 is 2.65 bits per heavy atom. The lowest BCUT2D eigenvalue weighted by atomic mass is 10.1. The molecule has 5 nitrogen and oxygen atoms in total. The van der Waals surface area contributed by atoms with Crippen molar-refractivity contribution in [1.82, 2.24) is 9.88 Å². The molecule has 7 heteroatoms. The Morgan fingerprint density at radius 2 is 2.04 bits per heavy atom. The molecule has 1 atom stereocenters. The lowest BCUT2D eigenvalue weighted by Crippen LogP contribution is -2.42. The molecule has 0 saturated carbocycles. The fraction of sp³-hybridized carbons (Fsp3) is 0.474. The van der Waals surface area contributed by atoms with Crippen LogP contribution in [0.5, 0.6) is 0 Å². The molecule has 0 aliphatic carbocycles. The third-order valence-electron chi connectivity index (χ3n) is 4.62. The largest absolute Gasteiger partial charge is 0.338 e. The van der Waals surface area contributed by atoms with Gasteiger partial charge >= 0.3 is 0 Å². The highest BCUT2D eigenvalue weighted by Gasteiger charge is 2.34. The summed E-state index contributed by atoms with van der Waals surface area (Å²) >= 11 is 1.53. The molecule has 1 amide bonds. The number of rotatable bonds is 6. The van der Waals surface area contributed by atoms with Gasteiger partial charge in [0.05, 0.1) is 23.6 Å². The van der Waals surface area contributed by atoms with E-state index in [1.165, 1.54) is 16.9 Å². The van der Waals surface area contributed by atoms with Gasteiger partial charge < -0.3 is 4.90 Å². The van der Waals surface area contributed by atoms with E-state index in [9.17, 15) is 13.2 Å². The van der Waals surface area contributed by atoms with Crippen LogP contribution in [0.4, 0.5) is 0 Å². The van der Waals surface area contributed by atoms with E-state index in [1.54, 1.807) is 4.90 Å². The van der Waals surface area contributed by atoms with E-state index in [-0.39, 0.29) is 29.9 Å². The Kier molecular flexibility index (Phi) is 5.77. The second-order valence-corrected chi connectivity index (χ2v) is 9.92. The van der Waals surface area contributed by atoms with Gasteiger partial charge in [-0.15, -0.1) is 11.3 Å². The molecule has 0 unspecified atom stereocenters. The number of sulfone groups is 1. The number of nitrogens with zero attached hydrogens (tertiary/aromatic N) is 2. The summed E-state index contributed by atoms with van der Waals surface area (Å²) in [6.07, 6.45) is 1.58. The highest BCUT2D eigenvalue weighted by atomic mass is 32.2. The Hall–Kier alpha value is -1.73. The number of carbonyl (C=O) groups excluding carboxylic acids is 1. The van der Waals surface area contributed by atoms with E-state index in [1.807, 2.05) is 43.5 Å². The molecule has 1 fully saturated rings. The molecule has 2 heterocycles. The smallest absolute Gasteiger partial charge is 0.228 e. The number of hydrogen-bond donors (Lipinski definition) is 0. The first-order chi connectivity index (χ1) is 12.4. The molecule has 140 valence electrons. The van der Waals surface area contributed by atoms with E-state index in [2.05, 4.69) is 4.98 Å². The van der Waals surface area contributed by atoms with E-state index in [0.29, 0.717) is 13.0 Å². The van der Waals surface area contributed by atoms with Crippen molar-refractivity contribution in [3.63, 3.8) is 0 Å². The first kappa shape index (κ1) is 19.0. The zero-order valence-electron chi connectivity index (χ0n) is 15.1. The first-order valence-electron chi connectivity index (χ1n) is 8.89. The maximum Gasteiger partial charge on any atom is 0.228 e. The van der Waals surface area contributed by atoms with Crippen LogP contribution >= 0.6 is 11.3 Å². The van der Waals surface area contributed by atoms with E-state index < -0.39 is 9.84 Å². The minimum Gasteiger partial charge on any atom is -0.338 e. The van der Waals surface area contributed by atoms with Gasteiger partial charge in [0.1, 0.15) is 5.01 Å². The highest BCUT2D eigenvalue weighted by Crippen LogP contribution is 2.25. The first-order valence-corrected chi connectivity index (χ1v) is 11.6. The van der Waals surface area contributed by atoms with Crippen molar-refractivity contribution in [3.05, 3.63) is 40.9 Å². The van der Waals surface area contributed by atoms with Crippen molar-refractivity contribution < 1.29 is 13.2 Å². The summed E-state index contributed by atoms with van der Waals surface area (Å²) in [6.45, 7) is 4.64. The third kappa shape index (κ3) is 4.51. The van der Waals surface area contributed by atoms with Crippen molar-refractivity contribution in [2.24, 2.45) is 0 Å². The standard InChI is InChI=1S/C19H24N2O3S2/c1-3-9-21(17-8-10-26(23,24)13-17)18(22)11-16-12-25-19(20-16)15-6-4-14(2)5-7-15/h4-7,12,17H,3,8-11,13H2,1-2H3/t17-/m0/s1. The van der Waals surface area contributed by atoms with E-state index in [0.717, 1.165) is 22.7 Å². The molecule has 26 heavy (non-hydrogen) atoms. The summed E-state index contributed by atoms with van der Waals surface area (Å²) in [5.74, 6) is 0.235. The summed E-state index contributed by atoms with van der Waals surface area (Å²) in [4.78, 5) is 19.1. The number of carbonyl (C=O) groups is 1. The summed E-state index contributed by atoms with van der Waals surface area (Å²) in [5, 5.41) is 2.82. The van der Waals surface area contributed by atoms with Crippen LogP contribution in [0, 0.1) is 6.92 Å². The van der Waals surface area contributed by atoms with Crippen molar-refractivity contribution in [2.75, 3.05) is 18.1 Å². The van der Waals surface area contributed by atoms with Gasteiger partial charge in [-0.2, -0.15) is 0 Å². The van der Waals surface area contributed by atoms with Crippen LogP contribution in [0.15, 0.2) is 29.6 Å². The Balaban J connectivity index is 1.70. The molecule has 0 N–H and O–H groups in total. The monoisotopic (exact) mass is 392 g/mol. The summed E-state index contributed by atoms with van der Waals surface area (Å²) in [7, 11) is -3.01. The van der Waals surface area contributed by atoms with Crippen molar-refractivity contribution in [3.8, 4) is 10.6 Å². The van der Waals surface area contributed by atoms with Crippen LogP contribution in [0.2, 0.25) is 0 Å². The van der Waals surface area contributed by atoms with E-state index >= 15 is 0 Å². The molecule has 0 bridgehead atoms. The average molecular weight is 393 g/mol. The van der Waals surface area contributed by atoms with Gasteiger partial charge in [-0.3, -0.25) is 4.79 Å². The van der Waals surface area contributed by atoms with Crippen LogP contribution in [0.25, 0.3) is 10.6 Å². The number of thiazole rings is 1. The molecule has 1 aromatic heterocycles. The minimum atomic E-state index is -3.01. The van der Waals surface area contributed by atoms with Gasteiger partial charge in [0.15, 0.2) is 9.84 Å². The molecule has 3 rings (SSSR count). The SMILES string of the molecule is CCCN(C(=O)Cc1csc(-c2ccc(C)cc2)n1)[C@H]1CCS(=O)(=O)C1. The molecule has 1 aromatic carbocycles. The van der Waals surface area contributed by atoms with Crippen molar-refractivity contribution in [2.45, 2.75) is 39.2 Å². The van der Waals surface area contributed by atoms with Crippen LogP contribution in [0.3, 0.4) is 0 Å². The molecule has 0 spiro atoms. The molecule has 2 aromatic rings. The minimum absolute atomic E-state index is 0.0327. The van der Waals surface area contributed by atoms with E-state index in [4.69, 9.17) is 0 Å². The summed E-state index contributed by atoms with van der Waals surface area (Å²) in [5.41, 5.74) is 2.99. The number of aryl methyl sites for hydroxylation is 1. The maximum atomic E-state index is 12.8. The van der Waals surface area contributed by atoms with Gasteiger partial charge in [-0.1, -0.05) is 36.8 Å². The van der Waals surface area contributed by atoms with Crippen LogP contribution in [-0.4, -0.2) is 48.3 Å². The van der Waals surface area contributed by atoms with Gasteiger partial charge in [0.25, 0.3) is 0 Å². The van der Waals surface area contributed by atoms with Crippen molar-refractivity contribution in [1.29, 1.82) is 0 Å². The second-order valence-electron chi connectivity index (χ2n) is 6.83. The Morgan fingerprint density at radius 1 is 1.31 bits per heavy atom. The van der Waals surface area contributed by atoms with Gasteiger partial charge in [-0.25, -0.2) is 13.4 Å². The molecule has 0 radical (unpaired) electrons. The lowest BCUT2D eigenvalue weighted by molar-refractivity contribution is -0.132. The second kappa shape index (κ2) is 7.88. The lowest BCUT2D eigenvalue weighted by Gasteiger charge is -2.27. The Labute approximate surface area is 159 Å². The van der Waals surface area contributed by atoms with Gasteiger partial charge in [-0.05, 0) is 19.8 Å². The van der Waals surface area contributed by atoms with Gasteiger partial charge in [0.2, 0.25) is 5.91 Å². The number of benzene rings is 1. The normalized spacial score (nSPS) is 18.8. The summed E-state index contributed by atoms with van der Waals surface area (Å²) < 4.78 is 23.5. The predicted octanol–water partition coefficient (Wildman–Crippen LogP) is 3.09. The fourth-order valence-electron chi connectivity index (χ4n) is 3.25. The topological polar surface area (TPSA) is 67.3 Å². The quantitative estimate of drug-likeness (QED) is 0.758. The predicted molar refractivity (Wildman–Crippen MR) is 105 cm³/mol.